The molecule has 1 aromatic heterocycles. The number of nitrogens with zero attached hydrogens (tertiary/aromatic N) is 1. The predicted octanol–water partition coefficient (Wildman–Crippen LogP) is 4.73. The zero-order valence-corrected chi connectivity index (χ0v) is 11.8. The van der Waals surface area contributed by atoms with Crippen LogP contribution in [0, 0.1) is 0 Å². The molecule has 1 heterocycles. The van der Waals surface area contributed by atoms with Gasteiger partial charge in [-0.05, 0) is 34.7 Å². The Morgan fingerprint density at radius 3 is 2.38 bits per heavy atom. The third-order valence-corrected chi connectivity index (χ3v) is 3.92. The SMILES string of the molecule is CC(C)c1nc(Br)[nH]c1C1CCCCCC1. The summed E-state index contributed by atoms with van der Waals surface area (Å²) in [6, 6.07) is 0. The van der Waals surface area contributed by atoms with Gasteiger partial charge in [-0.2, -0.15) is 0 Å². The summed E-state index contributed by atoms with van der Waals surface area (Å²) in [6.07, 6.45) is 8.21. The van der Waals surface area contributed by atoms with Gasteiger partial charge in [-0.25, -0.2) is 4.98 Å². The summed E-state index contributed by atoms with van der Waals surface area (Å²) >= 11 is 3.47. The molecule has 1 fully saturated rings. The Kier molecular flexibility index (Phi) is 4.06. The van der Waals surface area contributed by atoms with Gasteiger partial charge in [0.1, 0.15) is 0 Å². The summed E-state index contributed by atoms with van der Waals surface area (Å²) in [5.41, 5.74) is 2.66. The summed E-state index contributed by atoms with van der Waals surface area (Å²) in [5, 5.41) is 0. The van der Waals surface area contributed by atoms with Crippen LogP contribution in [0.1, 0.15) is 75.6 Å². The largest absolute Gasteiger partial charge is 0.336 e. The van der Waals surface area contributed by atoms with Crippen LogP contribution in [0.25, 0.3) is 0 Å². The fourth-order valence-corrected chi connectivity index (χ4v) is 3.09. The van der Waals surface area contributed by atoms with Gasteiger partial charge in [0.15, 0.2) is 4.73 Å². The number of hydrogen-bond donors (Lipinski definition) is 1. The van der Waals surface area contributed by atoms with Crippen molar-refractivity contribution in [3.63, 3.8) is 0 Å². The highest BCUT2D eigenvalue weighted by Crippen LogP contribution is 2.35. The Morgan fingerprint density at radius 1 is 1.19 bits per heavy atom. The standard InChI is InChI=1S/C13H21BrN2/c1-9(2)11-12(16-13(14)15-11)10-7-5-3-4-6-8-10/h9-10H,3-8H2,1-2H3,(H,15,16). The minimum atomic E-state index is 0.515. The topological polar surface area (TPSA) is 28.7 Å². The van der Waals surface area contributed by atoms with Crippen molar-refractivity contribution >= 4 is 15.9 Å². The fourth-order valence-electron chi connectivity index (χ4n) is 2.69. The first-order valence-electron chi connectivity index (χ1n) is 6.43. The number of imidazole rings is 1. The van der Waals surface area contributed by atoms with Crippen molar-refractivity contribution in [1.82, 2.24) is 9.97 Å². The molecule has 2 nitrogen and oxygen atoms in total. The van der Waals surface area contributed by atoms with E-state index in [0.29, 0.717) is 11.8 Å². The first-order chi connectivity index (χ1) is 7.68. The number of hydrogen-bond acceptors (Lipinski definition) is 1. The van der Waals surface area contributed by atoms with Crippen LogP contribution in [0.2, 0.25) is 0 Å². The molecule has 0 saturated heterocycles. The van der Waals surface area contributed by atoms with Crippen LogP contribution in [0.5, 0.6) is 0 Å². The average molecular weight is 285 g/mol. The van der Waals surface area contributed by atoms with Gasteiger partial charge in [0, 0.05) is 11.6 Å². The lowest BCUT2D eigenvalue weighted by Gasteiger charge is -2.15. The fraction of sp³-hybridized carbons (Fsp3) is 0.769. The maximum Gasteiger partial charge on any atom is 0.174 e. The Hall–Kier alpha value is -0.310. The van der Waals surface area contributed by atoms with E-state index in [1.54, 1.807) is 0 Å². The molecule has 0 atom stereocenters. The van der Waals surface area contributed by atoms with Crippen LogP contribution in [0.15, 0.2) is 4.73 Å². The molecular weight excluding hydrogens is 264 g/mol. The molecular formula is C13H21BrN2. The molecule has 0 amide bonds. The summed E-state index contributed by atoms with van der Waals surface area (Å²) in [6.45, 7) is 4.45. The normalized spacial score (nSPS) is 19.0. The summed E-state index contributed by atoms with van der Waals surface area (Å²) in [7, 11) is 0. The zero-order chi connectivity index (χ0) is 11.5. The van der Waals surface area contributed by atoms with Crippen molar-refractivity contribution in [2.24, 2.45) is 0 Å². The lowest BCUT2D eigenvalue weighted by atomic mass is 9.92. The van der Waals surface area contributed by atoms with E-state index in [1.165, 1.54) is 49.9 Å². The van der Waals surface area contributed by atoms with Gasteiger partial charge in [0.05, 0.1) is 5.69 Å². The van der Waals surface area contributed by atoms with Crippen molar-refractivity contribution in [2.45, 2.75) is 64.2 Å². The van der Waals surface area contributed by atoms with E-state index in [1.807, 2.05) is 0 Å². The molecule has 1 saturated carbocycles. The summed E-state index contributed by atoms with van der Waals surface area (Å²) in [5.74, 6) is 1.22. The smallest absolute Gasteiger partial charge is 0.174 e. The molecule has 1 aliphatic rings. The van der Waals surface area contributed by atoms with Crippen LogP contribution < -0.4 is 0 Å². The van der Waals surface area contributed by atoms with E-state index in [9.17, 15) is 0 Å². The summed E-state index contributed by atoms with van der Waals surface area (Å²) < 4.78 is 0.899. The molecule has 90 valence electrons. The van der Waals surface area contributed by atoms with Gasteiger partial charge in [0.25, 0.3) is 0 Å². The van der Waals surface area contributed by atoms with E-state index in [2.05, 4.69) is 39.7 Å². The third kappa shape index (κ3) is 2.68. The van der Waals surface area contributed by atoms with Crippen molar-refractivity contribution in [3.05, 3.63) is 16.1 Å². The Balaban J connectivity index is 2.23. The lowest BCUT2D eigenvalue weighted by Crippen LogP contribution is -2.03. The second kappa shape index (κ2) is 5.35. The first-order valence-corrected chi connectivity index (χ1v) is 7.23. The maximum atomic E-state index is 4.58. The molecule has 2 rings (SSSR count). The lowest BCUT2D eigenvalue weighted by molar-refractivity contribution is 0.570. The molecule has 3 heteroatoms. The highest BCUT2D eigenvalue weighted by molar-refractivity contribution is 9.10. The van der Waals surface area contributed by atoms with Gasteiger partial charge in [0.2, 0.25) is 0 Å². The van der Waals surface area contributed by atoms with Crippen LogP contribution in [-0.2, 0) is 0 Å². The Bertz CT molecular complexity index is 336. The monoisotopic (exact) mass is 284 g/mol. The number of halogens is 1. The Labute approximate surface area is 106 Å². The minimum Gasteiger partial charge on any atom is -0.336 e. The molecule has 0 unspecified atom stereocenters. The molecule has 0 spiro atoms. The second-order valence-corrected chi connectivity index (χ2v) is 5.92. The molecule has 1 aromatic rings. The molecule has 16 heavy (non-hydrogen) atoms. The van der Waals surface area contributed by atoms with Crippen LogP contribution in [0.4, 0.5) is 0 Å². The minimum absolute atomic E-state index is 0.515. The van der Waals surface area contributed by atoms with E-state index in [-0.39, 0.29) is 0 Å². The quantitative estimate of drug-likeness (QED) is 0.782. The van der Waals surface area contributed by atoms with E-state index < -0.39 is 0 Å². The van der Waals surface area contributed by atoms with E-state index >= 15 is 0 Å². The van der Waals surface area contributed by atoms with Crippen molar-refractivity contribution in [2.75, 3.05) is 0 Å². The number of aromatic nitrogens is 2. The number of rotatable bonds is 2. The average Bonchev–Trinajstić information content (AvgIpc) is 2.49. The van der Waals surface area contributed by atoms with Gasteiger partial charge in [-0.15, -0.1) is 0 Å². The van der Waals surface area contributed by atoms with Crippen molar-refractivity contribution in [3.8, 4) is 0 Å². The van der Waals surface area contributed by atoms with Crippen molar-refractivity contribution < 1.29 is 0 Å². The van der Waals surface area contributed by atoms with E-state index in [4.69, 9.17) is 0 Å². The van der Waals surface area contributed by atoms with Gasteiger partial charge >= 0.3 is 0 Å². The van der Waals surface area contributed by atoms with Crippen LogP contribution in [-0.4, -0.2) is 9.97 Å². The van der Waals surface area contributed by atoms with Gasteiger partial charge < -0.3 is 4.98 Å². The van der Waals surface area contributed by atoms with Crippen LogP contribution >= 0.6 is 15.9 Å². The highest BCUT2D eigenvalue weighted by Gasteiger charge is 2.21. The zero-order valence-electron chi connectivity index (χ0n) is 10.2. The number of H-pyrrole nitrogens is 1. The molecule has 0 bridgehead atoms. The predicted molar refractivity (Wildman–Crippen MR) is 70.8 cm³/mol. The summed E-state index contributed by atoms with van der Waals surface area (Å²) in [4.78, 5) is 8.01. The number of nitrogens with one attached hydrogen (secondary N) is 1. The molecule has 1 N–H and O–H groups in total. The van der Waals surface area contributed by atoms with Crippen molar-refractivity contribution in [1.29, 1.82) is 0 Å². The molecule has 0 radical (unpaired) electrons. The highest BCUT2D eigenvalue weighted by atomic mass is 79.9. The van der Waals surface area contributed by atoms with E-state index in [0.717, 1.165) is 4.73 Å². The van der Waals surface area contributed by atoms with Gasteiger partial charge in [-0.3, -0.25) is 0 Å². The molecule has 1 aliphatic carbocycles. The van der Waals surface area contributed by atoms with Crippen LogP contribution in [0.3, 0.4) is 0 Å². The first kappa shape index (κ1) is 12.2. The second-order valence-electron chi connectivity index (χ2n) is 5.17. The van der Waals surface area contributed by atoms with Gasteiger partial charge in [-0.1, -0.05) is 39.5 Å². The number of aromatic amines is 1. The Morgan fingerprint density at radius 2 is 1.81 bits per heavy atom. The maximum absolute atomic E-state index is 4.58. The molecule has 0 aromatic carbocycles. The molecule has 0 aliphatic heterocycles. The third-order valence-electron chi connectivity index (χ3n) is 3.54.